The molecule has 4 fully saturated rings. The van der Waals surface area contributed by atoms with Crippen molar-refractivity contribution in [1.82, 2.24) is 58.6 Å². The maximum atomic E-state index is 12.5. The predicted octanol–water partition coefficient (Wildman–Crippen LogP) is 20.5. The number of aromatic amines is 3. The monoisotopic (exact) mass is 2010 g/mol. The number of aliphatic imine (C=N–C) groups is 1. The first-order chi connectivity index (χ1) is 63.7. The van der Waals surface area contributed by atoms with Crippen LogP contribution in [-0.2, 0) is 18.9 Å². The Hall–Kier alpha value is -12.2. The molecule has 4 aliphatic heterocycles. The number of ether oxygens (including phenoxy) is 4. The van der Waals surface area contributed by atoms with Gasteiger partial charge in [0.15, 0.2) is 26.6 Å². The third-order valence-electron chi connectivity index (χ3n) is 20.8. The maximum absolute atomic E-state index is 12.5. The van der Waals surface area contributed by atoms with Gasteiger partial charge in [0, 0.05) is 146 Å². The first kappa shape index (κ1) is 105. The number of thiocarbonyl (C=S) groups is 2. The van der Waals surface area contributed by atoms with Crippen molar-refractivity contribution < 1.29 is 42.5 Å². The third-order valence-corrected chi connectivity index (χ3v) is 22.2. The number of nitrogens with two attached hydrogens (primary N) is 3. The Morgan fingerprint density at radius 2 is 1.01 bits per heavy atom. The molecule has 4 unspecified atom stereocenters. The van der Waals surface area contributed by atoms with Gasteiger partial charge in [-0.25, -0.2) is 43.7 Å². The zero-order valence-electron chi connectivity index (χ0n) is 78.3. The van der Waals surface area contributed by atoms with Crippen LogP contribution in [0.3, 0.4) is 0 Å². The van der Waals surface area contributed by atoms with E-state index in [-0.39, 0.29) is 41.0 Å². The van der Waals surface area contributed by atoms with Crippen LogP contribution in [0.1, 0.15) is 192 Å². The number of nitrogen functional groups attached to an aromatic ring is 1. The van der Waals surface area contributed by atoms with E-state index in [1.807, 2.05) is 201 Å². The van der Waals surface area contributed by atoms with E-state index in [9.17, 15) is 33.6 Å². The molecule has 0 spiro atoms. The van der Waals surface area contributed by atoms with Gasteiger partial charge in [-0.15, -0.1) is 4.98 Å². The van der Waals surface area contributed by atoms with E-state index >= 15 is 0 Å². The standard InChI is InChI=1S/C24H26N4O3.C18H27N3O2S.C17H25N3O2S.C16H24N2O2.C8H6ClN.C8H5NO3.C7H6N4S.CH3I/c1-24(2,3)31-23(30)28-13-7-9-17(15-28)16-8-6-10-18(14-16)25-22-26-20-12-5-4-11-19(20)21(29)27-22;1-18(2,3)23-17(22)21-10-6-8-14(12-21)13-7-5-9-15(11-13)20-16(19)24-4;1-17(2,3)22-16(21)20-9-5-7-13(11-20)12-6-4-8-14(10-12)19-15(18)23;1-16(2,3)20-15(19)18-9-5-7-13(11-18)12-6-4-8-14(17)10-12;9-7-2-1-3-8-6(7)4-5-10-8;10-7-5-3-1-2-4-6(5)9-8(11)12-7;12-7(10-3-1-8-5-10)11-4-2-9-6-11;1-2/h4,6,8,10-12,14,17H,7,9,13,15H2,1-3H3,(H-,25,26,27,29);5,7,9,11,14H,6,8,10,12H2,1-4H3,(H2,19,20);4,6,8,10,13H,5,7,9,11H2,1-3H3,(H3,18,19,23);4,6,8,10,13H,5,7,9,11,17H2,1-3H3;1-5,10H;1-4H,(H,9,11);1-6H;1H3/p+1. The number of rotatable bonds is 8. The Labute approximate surface area is 816 Å². The van der Waals surface area contributed by atoms with Crippen LogP contribution in [0, 0.1) is 6.08 Å². The van der Waals surface area contributed by atoms with Crippen molar-refractivity contribution in [2.75, 3.05) is 79.9 Å². The van der Waals surface area contributed by atoms with Crippen molar-refractivity contribution >= 4 is 173 Å². The summed E-state index contributed by atoms with van der Waals surface area (Å²) in [5.74, 6) is 0.828. The number of allylic oxidation sites excluding steroid dienone is 2. The van der Waals surface area contributed by atoms with Gasteiger partial charge in [0.05, 0.1) is 22.7 Å². The summed E-state index contributed by atoms with van der Waals surface area (Å²) in [6.45, 7) is 28.3. The Morgan fingerprint density at radius 3 is 1.48 bits per heavy atom. The number of para-hydroxylation sites is 1. The summed E-state index contributed by atoms with van der Waals surface area (Å²) in [4.78, 5) is 117. The number of piperidine rings is 4. The van der Waals surface area contributed by atoms with Crippen LogP contribution in [0.4, 0.5) is 47.9 Å². The van der Waals surface area contributed by atoms with Crippen LogP contribution < -0.4 is 44.8 Å². The largest absolute Gasteiger partial charge is 0.444 e. The number of hydrogen-bond acceptors (Lipinski definition) is 21. The van der Waals surface area contributed by atoms with Gasteiger partial charge in [0.1, 0.15) is 47.2 Å². The number of carbonyl (C=O) groups excluding carboxylic acids is 4. The zero-order valence-corrected chi connectivity index (χ0v) is 83.7. The highest BCUT2D eigenvalue weighted by molar-refractivity contribution is 14.1. The highest BCUT2D eigenvalue weighted by atomic mass is 127. The van der Waals surface area contributed by atoms with Crippen molar-refractivity contribution in [3.05, 3.63) is 271 Å². The Kier molecular flexibility index (Phi) is 39.5. The minimum Gasteiger partial charge on any atom is -0.444 e. The smallest absolute Gasteiger partial charge is 0.419 e. The number of hydrogen-bond donors (Lipinski definition) is 8. The number of amides is 4. The number of thioether (sulfide) groups is 1. The molecule has 30 nitrogen and oxygen atoms in total. The summed E-state index contributed by atoms with van der Waals surface area (Å²) in [6, 6.07) is 46.5. The quantitative estimate of drug-likeness (QED) is 0.0102. The Bertz CT molecular complexity index is 5980. The van der Waals surface area contributed by atoms with Gasteiger partial charge in [-0.3, -0.25) is 23.9 Å². The number of anilines is 4. The summed E-state index contributed by atoms with van der Waals surface area (Å²) in [5.41, 5.74) is 25.2. The number of halogens is 2. The Morgan fingerprint density at radius 1 is 0.567 bits per heavy atom. The molecule has 6 aromatic carbocycles. The van der Waals surface area contributed by atoms with Gasteiger partial charge >= 0.3 is 35.8 Å². The summed E-state index contributed by atoms with van der Waals surface area (Å²) in [5, 5.41) is 9.87. The lowest BCUT2D eigenvalue weighted by molar-refractivity contribution is 0.0188. The SMILES string of the molecule is CC(C)(C)OC(=O)N1CCCC(c2cccc(N)c2)C1.CC(C)(C)OC(=O)N1CCCC(c2cccc(NC(N)=S)c2)C1.CC(C)(C)OC(=O)N1CCCC(c2cccc(Nc3nc4c(c(=O)[nH]3)C=C[C+]=C4)c2)C1.CI.CSC(N)=Nc1cccc(C2CCCN(C(=O)OC(C)(C)C)C2)c1.Clc1cccc2[nH]ccc12.O=c1[nH]c2ccccc2c(=O)o1.S=C(n1ccnc1)n1ccnc1. The van der Waals surface area contributed by atoms with E-state index in [1.165, 1.54) is 28.5 Å². The van der Waals surface area contributed by atoms with E-state index in [2.05, 4.69) is 109 Å². The van der Waals surface area contributed by atoms with Gasteiger partial charge in [-0.1, -0.05) is 113 Å². The molecule has 35 heteroatoms. The van der Waals surface area contributed by atoms with Gasteiger partial charge in [-0.05, 0) is 271 Å². The number of alkyl halides is 1. The fraction of sp³-hybridized carbons (Fsp3) is 0.384. The van der Waals surface area contributed by atoms with E-state index in [1.54, 1.807) is 98.9 Å². The van der Waals surface area contributed by atoms with Crippen molar-refractivity contribution in [2.24, 2.45) is 16.5 Å². The van der Waals surface area contributed by atoms with E-state index in [0.29, 0.717) is 88.9 Å². The van der Waals surface area contributed by atoms with E-state index in [4.69, 9.17) is 72.2 Å². The summed E-state index contributed by atoms with van der Waals surface area (Å²) < 4.78 is 29.8. The van der Waals surface area contributed by atoms with Crippen LogP contribution in [0.15, 0.2) is 219 Å². The molecule has 11 aromatic rings. The topological polar surface area (TPSA) is 393 Å². The van der Waals surface area contributed by atoms with E-state index < -0.39 is 33.8 Å². The number of nitrogens with one attached hydrogen (secondary N) is 5. The second-order valence-corrected chi connectivity index (χ2v) is 38.0. The lowest BCUT2D eigenvalue weighted by atomic mass is 9.90. The number of carbonyl (C=O) groups is 4. The molecule has 712 valence electrons. The van der Waals surface area contributed by atoms with Gasteiger partial charge < -0.3 is 75.8 Å². The molecule has 0 bridgehead atoms. The molecule has 1 aliphatic carbocycles. The molecule has 5 aromatic heterocycles. The van der Waals surface area contributed by atoms with Crippen LogP contribution >= 0.6 is 70.4 Å². The van der Waals surface area contributed by atoms with Crippen molar-refractivity contribution in [1.29, 1.82) is 0 Å². The van der Waals surface area contributed by atoms with Crippen LogP contribution in [0.2, 0.25) is 5.02 Å². The molecule has 16 rings (SSSR count). The van der Waals surface area contributed by atoms with Gasteiger partial charge in [0.2, 0.25) is 5.95 Å². The lowest BCUT2D eigenvalue weighted by Crippen LogP contribution is -2.42. The minimum atomic E-state index is -0.723. The number of amidine groups is 1. The molecule has 4 atom stereocenters. The number of fused-ring (bicyclic) bond motifs is 3. The molecule has 4 saturated heterocycles. The highest BCUT2D eigenvalue weighted by Gasteiger charge is 2.34. The summed E-state index contributed by atoms with van der Waals surface area (Å²) in [6.07, 6.45) is 29.2. The van der Waals surface area contributed by atoms with Crippen molar-refractivity contribution in [2.45, 2.75) is 181 Å². The number of likely N-dealkylation sites (tertiary alicyclic amines) is 4. The van der Waals surface area contributed by atoms with Gasteiger partial charge in [-0.2, -0.15) is 0 Å². The number of benzene rings is 6. The average Bonchev–Trinajstić information content (AvgIpc) is 1.15. The number of aromatic nitrogens is 8. The normalized spacial score (nSPS) is 16.3. The molecule has 0 radical (unpaired) electrons. The fourth-order valence-electron chi connectivity index (χ4n) is 14.9. The number of H-pyrrole nitrogens is 3. The van der Waals surface area contributed by atoms with Crippen LogP contribution in [-0.4, -0.2) is 184 Å². The lowest BCUT2D eigenvalue weighted by Gasteiger charge is -2.34. The predicted molar refractivity (Wildman–Crippen MR) is 554 cm³/mol. The molecule has 11 N–H and O–H groups in total. The summed E-state index contributed by atoms with van der Waals surface area (Å²) >= 11 is 19.5. The molecule has 9 heterocycles. The van der Waals surface area contributed by atoms with E-state index in [0.717, 1.165) is 115 Å². The number of imidazole rings is 2. The Balaban J connectivity index is 0.000000180. The fourth-order valence-corrected chi connectivity index (χ4v) is 15.6. The summed E-state index contributed by atoms with van der Waals surface area (Å²) in [7, 11) is 0. The minimum absolute atomic E-state index is 0.196. The molecule has 5 aliphatic rings. The molecule has 134 heavy (non-hydrogen) atoms. The average molecular weight is 2020 g/mol. The first-order valence-electron chi connectivity index (χ1n) is 44.1. The second kappa shape index (κ2) is 50.2. The highest BCUT2D eigenvalue weighted by Crippen LogP contribution is 2.35. The molecule has 0 saturated carbocycles. The third kappa shape index (κ3) is 34.4. The second-order valence-electron chi connectivity index (χ2n) is 36.0. The zero-order chi connectivity index (χ0) is 97.5. The van der Waals surface area contributed by atoms with Crippen molar-refractivity contribution in [3.63, 3.8) is 0 Å². The molecule has 4 amide bonds. The van der Waals surface area contributed by atoms with Gasteiger partial charge in [0.25, 0.3) is 5.56 Å². The number of nitrogens with zero attached hydrogens (tertiary/aromatic N) is 10. The molecular weight excluding hydrogens is 1890 g/mol. The molecular formula is C99H123ClIN18O12S3+. The van der Waals surface area contributed by atoms with Crippen LogP contribution in [0.25, 0.3) is 34.0 Å². The maximum Gasteiger partial charge on any atom is 0.419 e. The van der Waals surface area contributed by atoms with Crippen molar-refractivity contribution in [3.8, 4) is 0 Å². The van der Waals surface area contributed by atoms with Crippen LogP contribution in [0.5, 0.6) is 0 Å². The first-order valence-corrected chi connectivity index (χ1v) is 48.7.